The van der Waals surface area contributed by atoms with Gasteiger partial charge in [-0.05, 0) is 18.2 Å². The molecule has 5 heteroatoms. The molecule has 0 amide bonds. The summed E-state index contributed by atoms with van der Waals surface area (Å²) < 4.78 is 10.5. The van der Waals surface area contributed by atoms with E-state index in [0.29, 0.717) is 0 Å². The number of aryl methyl sites for hydroxylation is 1. The van der Waals surface area contributed by atoms with Gasteiger partial charge in [-0.1, -0.05) is 0 Å². The van der Waals surface area contributed by atoms with Crippen molar-refractivity contribution in [1.29, 1.82) is 0 Å². The minimum absolute atomic E-state index is 0.760. The quantitative estimate of drug-likeness (QED) is 0.402. The molecule has 5 heterocycles. The zero-order valence-electron chi connectivity index (χ0n) is 10.9. The lowest BCUT2D eigenvalue weighted by Crippen LogP contribution is -2.32. The van der Waals surface area contributed by atoms with E-state index in [1.807, 2.05) is 31.6 Å². The predicted molar refractivity (Wildman–Crippen MR) is 73.0 cm³/mol. The largest absolute Gasteiger partial charge is 0.413 e. The highest BCUT2D eigenvalue weighted by molar-refractivity contribution is 6.02. The van der Waals surface area contributed by atoms with E-state index in [1.165, 1.54) is 0 Å². The fraction of sp³-hybridized carbons (Fsp3) is 0.133. The minimum atomic E-state index is 0.760. The van der Waals surface area contributed by atoms with E-state index in [-0.39, 0.29) is 0 Å². The van der Waals surface area contributed by atoms with Crippen molar-refractivity contribution in [3.8, 4) is 11.5 Å². The van der Waals surface area contributed by atoms with Gasteiger partial charge in [-0.2, -0.15) is 4.57 Å². The molecule has 0 fully saturated rings. The summed E-state index contributed by atoms with van der Waals surface area (Å²) in [6, 6.07) is 6.01. The van der Waals surface area contributed by atoms with Gasteiger partial charge < -0.3 is 4.42 Å². The molecule has 1 aliphatic heterocycles. The number of hydrogen-bond acceptors (Lipinski definition) is 3. The molecule has 0 radical (unpaired) electrons. The van der Waals surface area contributed by atoms with Crippen LogP contribution in [0, 0.1) is 0 Å². The Kier molecular flexibility index (Phi) is 1.65. The number of oxazole rings is 1. The molecule has 96 valence electrons. The van der Waals surface area contributed by atoms with Crippen molar-refractivity contribution in [1.82, 2.24) is 14.5 Å². The number of rotatable bonds is 0. The van der Waals surface area contributed by atoms with E-state index in [1.54, 1.807) is 6.20 Å². The van der Waals surface area contributed by atoms with E-state index in [4.69, 9.17) is 4.42 Å². The first-order valence-electron chi connectivity index (χ1n) is 6.53. The molecule has 4 aromatic rings. The number of pyridine rings is 2. The van der Waals surface area contributed by atoms with Crippen LogP contribution in [0.1, 0.15) is 5.69 Å². The van der Waals surface area contributed by atoms with Crippen molar-refractivity contribution >= 4 is 22.1 Å². The van der Waals surface area contributed by atoms with Gasteiger partial charge in [0.05, 0.1) is 29.9 Å². The van der Waals surface area contributed by atoms with Crippen LogP contribution in [0.25, 0.3) is 33.6 Å². The van der Waals surface area contributed by atoms with E-state index >= 15 is 0 Å². The first kappa shape index (κ1) is 10.1. The number of fused-ring (bicyclic) bond motifs is 7. The summed E-state index contributed by atoms with van der Waals surface area (Å²) in [6.07, 6.45) is 5.50. The Labute approximate surface area is 114 Å². The second-order valence-corrected chi connectivity index (χ2v) is 5.10. The molecule has 0 aromatic carbocycles. The van der Waals surface area contributed by atoms with Crippen molar-refractivity contribution in [2.45, 2.75) is 6.54 Å². The molecular formula is C15H11N4O+. The topological polar surface area (TPSA) is 47.7 Å². The van der Waals surface area contributed by atoms with Crippen LogP contribution in [0.3, 0.4) is 0 Å². The molecule has 5 nitrogen and oxygen atoms in total. The Bertz CT molecular complexity index is 996. The molecule has 0 aliphatic carbocycles. The Hall–Kier alpha value is -2.69. The molecule has 20 heavy (non-hydrogen) atoms. The highest BCUT2D eigenvalue weighted by atomic mass is 16.4. The molecule has 0 saturated heterocycles. The van der Waals surface area contributed by atoms with E-state index in [2.05, 4.69) is 25.2 Å². The van der Waals surface area contributed by atoms with Crippen LogP contribution in [-0.2, 0) is 13.6 Å². The summed E-state index contributed by atoms with van der Waals surface area (Å²) in [6.45, 7) is 0.760. The van der Waals surface area contributed by atoms with Crippen molar-refractivity contribution < 1.29 is 8.98 Å². The van der Waals surface area contributed by atoms with Crippen LogP contribution in [0.4, 0.5) is 0 Å². The highest BCUT2D eigenvalue weighted by Crippen LogP contribution is 2.34. The second kappa shape index (κ2) is 3.25. The van der Waals surface area contributed by atoms with Gasteiger partial charge in [0.25, 0.3) is 5.89 Å². The summed E-state index contributed by atoms with van der Waals surface area (Å²) in [7, 11) is 2.05. The van der Waals surface area contributed by atoms with Crippen LogP contribution in [-0.4, -0.2) is 14.5 Å². The van der Waals surface area contributed by atoms with Crippen LogP contribution >= 0.6 is 0 Å². The second-order valence-electron chi connectivity index (χ2n) is 5.10. The number of hydrogen-bond donors (Lipinski definition) is 0. The molecule has 0 atom stereocenters. The van der Waals surface area contributed by atoms with Crippen LogP contribution in [0.2, 0.25) is 0 Å². The fourth-order valence-electron chi connectivity index (χ4n) is 3.14. The molecule has 0 unspecified atom stereocenters. The summed E-state index contributed by atoms with van der Waals surface area (Å²) >= 11 is 0. The van der Waals surface area contributed by atoms with Crippen LogP contribution in [0.15, 0.2) is 41.2 Å². The summed E-state index contributed by atoms with van der Waals surface area (Å²) in [4.78, 5) is 8.63. The SMILES string of the molecule is Cn1c2cnccc2c2oc3[n+](c21)Cc1ncccc1-3. The van der Waals surface area contributed by atoms with Crippen molar-refractivity contribution in [3.05, 3.63) is 42.5 Å². The standard InChI is InChI=1S/C15H11N4O/c1-18-12-7-16-6-4-10(12)13-14(18)19-8-11-9(15(19)20-13)3-2-5-17-11/h2-7H,8H2,1H3/q+1. The monoisotopic (exact) mass is 263 g/mol. The lowest BCUT2D eigenvalue weighted by Gasteiger charge is -1.91. The third-order valence-electron chi connectivity index (χ3n) is 4.05. The van der Waals surface area contributed by atoms with Crippen molar-refractivity contribution in [2.75, 3.05) is 0 Å². The molecule has 1 aliphatic rings. The van der Waals surface area contributed by atoms with Gasteiger partial charge in [0.15, 0.2) is 5.52 Å². The van der Waals surface area contributed by atoms with Gasteiger partial charge in [0.2, 0.25) is 5.58 Å². The molecule has 0 bridgehead atoms. The number of nitrogens with zero attached hydrogens (tertiary/aromatic N) is 4. The Morgan fingerprint density at radius 3 is 3.20 bits per heavy atom. The molecule has 4 aromatic heterocycles. The normalized spacial score (nSPS) is 13.1. The van der Waals surface area contributed by atoms with E-state index in [0.717, 1.165) is 45.8 Å². The third-order valence-corrected chi connectivity index (χ3v) is 4.05. The Balaban J connectivity index is 1.97. The van der Waals surface area contributed by atoms with Crippen molar-refractivity contribution in [2.24, 2.45) is 7.05 Å². The molecule has 0 saturated carbocycles. The summed E-state index contributed by atoms with van der Waals surface area (Å²) in [5.74, 6) is 0.896. The predicted octanol–water partition coefficient (Wildman–Crippen LogP) is 2.03. The van der Waals surface area contributed by atoms with Gasteiger partial charge in [0.1, 0.15) is 6.54 Å². The Morgan fingerprint density at radius 1 is 1.30 bits per heavy atom. The average molecular weight is 263 g/mol. The molecule has 0 N–H and O–H groups in total. The highest BCUT2D eigenvalue weighted by Gasteiger charge is 2.34. The lowest BCUT2D eigenvalue weighted by atomic mass is 10.2. The maximum Gasteiger partial charge on any atom is 0.329 e. The third kappa shape index (κ3) is 1.02. The van der Waals surface area contributed by atoms with Gasteiger partial charge in [-0.3, -0.25) is 9.97 Å². The van der Waals surface area contributed by atoms with E-state index < -0.39 is 0 Å². The van der Waals surface area contributed by atoms with E-state index in [9.17, 15) is 0 Å². The van der Waals surface area contributed by atoms with Gasteiger partial charge >= 0.3 is 5.65 Å². The molecular weight excluding hydrogens is 252 g/mol. The van der Waals surface area contributed by atoms with Crippen LogP contribution in [0.5, 0.6) is 0 Å². The van der Waals surface area contributed by atoms with Gasteiger partial charge in [0, 0.05) is 12.4 Å². The Morgan fingerprint density at radius 2 is 2.25 bits per heavy atom. The minimum Gasteiger partial charge on any atom is -0.413 e. The summed E-state index contributed by atoms with van der Waals surface area (Å²) in [5, 5.41) is 1.10. The smallest absolute Gasteiger partial charge is 0.329 e. The van der Waals surface area contributed by atoms with Gasteiger partial charge in [-0.15, -0.1) is 0 Å². The maximum atomic E-state index is 6.15. The first-order valence-corrected chi connectivity index (χ1v) is 6.53. The zero-order chi connectivity index (χ0) is 13.3. The summed E-state index contributed by atoms with van der Waals surface area (Å²) in [5.41, 5.74) is 5.25. The molecule has 5 rings (SSSR count). The average Bonchev–Trinajstić information content (AvgIpc) is 3.09. The molecule has 0 spiro atoms. The zero-order valence-corrected chi connectivity index (χ0v) is 10.9. The van der Waals surface area contributed by atoms with Crippen molar-refractivity contribution in [3.63, 3.8) is 0 Å². The number of aromatic nitrogens is 4. The maximum absolute atomic E-state index is 6.15. The van der Waals surface area contributed by atoms with Gasteiger partial charge in [-0.25, -0.2) is 4.57 Å². The first-order chi connectivity index (χ1) is 9.84. The lowest BCUT2D eigenvalue weighted by molar-refractivity contribution is -0.652. The van der Waals surface area contributed by atoms with Crippen LogP contribution < -0.4 is 4.57 Å². The fourth-order valence-corrected chi connectivity index (χ4v) is 3.14.